The normalized spacial score (nSPS) is 14.7. The van der Waals surface area contributed by atoms with E-state index in [1.807, 2.05) is 0 Å². The molecular weight excluding hydrogens is 475 g/mol. The Morgan fingerprint density at radius 2 is 1.88 bits per heavy atom. The topological polar surface area (TPSA) is 116 Å². The number of benzene rings is 1. The molecule has 0 spiro atoms. The number of para-hydroxylation sites is 1. The summed E-state index contributed by atoms with van der Waals surface area (Å²) in [4.78, 5) is 16.3. The van der Waals surface area contributed by atoms with Gasteiger partial charge in [-0.1, -0.05) is 12.1 Å². The molecule has 9 nitrogen and oxygen atoms in total. The lowest BCUT2D eigenvalue weighted by Crippen LogP contribution is -2.27. The molecule has 3 aromatic rings. The zero-order chi connectivity index (χ0) is 24.7. The fraction of sp³-hybridized carbons (Fsp3) is 0.238. The summed E-state index contributed by atoms with van der Waals surface area (Å²) in [6.45, 7) is 2.91. The largest absolute Gasteiger partial charge is 0.457 e. The van der Waals surface area contributed by atoms with Crippen LogP contribution in [0, 0.1) is 13.8 Å². The Kier molecular flexibility index (Phi) is 5.89. The highest BCUT2D eigenvalue weighted by Crippen LogP contribution is 2.29. The summed E-state index contributed by atoms with van der Waals surface area (Å²) < 4.78 is 73.0. The van der Waals surface area contributed by atoms with Gasteiger partial charge in [0.15, 0.2) is 11.7 Å². The fourth-order valence-electron chi connectivity index (χ4n) is 3.41. The lowest BCUT2D eigenvalue weighted by atomic mass is 10.1. The standard InChI is InChI=1S/C21H18F3N5O4S/c1-12-15(13(2)29(27-12)19-8-7-14(10-25-19)21(22,23)24)9-20(30)33-11-18-26-16-5-3-4-6-17(16)34(31,32)28-18/h3-8,10H,9,11H2,1-2H3,(H,26,28). The van der Waals surface area contributed by atoms with Gasteiger partial charge in [-0.25, -0.2) is 9.67 Å². The maximum atomic E-state index is 12.8. The van der Waals surface area contributed by atoms with Gasteiger partial charge in [0, 0.05) is 17.5 Å². The Bertz CT molecular complexity index is 1400. The molecule has 1 N–H and O–H groups in total. The number of nitrogens with one attached hydrogen (secondary N) is 1. The molecule has 0 atom stereocenters. The van der Waals surface area contributed by atoms with E-state index in [9.17, 15) is 26.4 Å². The van der Waals surface area contributed by atoms with Crippen LogP contribution in [0.4, 0.5) is 18.9 Å². The molecule has 0 fully saturated rings. The first-order valence-electron chi connectivity index (χ1n) is 9.90. The number of amidine groups is 1. The Morgan fingerprint density at radius 3 is 2.56 bits per heavy atom. The van der Waals surface area contributed by atoms with Crippen LogP contribution in [0.25, 0.3) is 5.82 Å². The van der Waals surface area contributed by atoms with Gasteiger partial charge in [0.1, 0.15) is 11.5 Å². The third-order valence-corrected chi connectivity index (χ3v) is 6.47. The van der Waals surface area contributed by atoms with E-state index in [2.05, 4.69) is 19.8 Å². The van der Waals surface area contributed by atoms with Crippen molar-refractivity contribution in [1.82, 2.24) is 14.8 Å². The molecule has 0 unspecified atom stereocenters. The minimum atomic E-state index is -4.51. The van der Waals surface area contributed by atoms with E-state index in [1.165, 1.54) is 16.8 Å². The summed E-state index contributed by atoms with van der Waals surface area (Å²) in [5.74, 6) is -0.533. The SMILES string of the molecule is Cc1nn(-c2ccc(C(F)(F)F)cn2)c(C)c1CC(=O)OCC1=NS(=O)(=O)c2ccccc2N1. The number of nitrogens with zero attached hydrogens (tertiary/aromatic N) is 4. The van der Waals surface area contributed by atoms with E-state index in [4.69, 9.17) is 4.74 Å². The molecule has 0 aliphatic carbocycles. The molecule has 178 valence electrons. The van der Waals surface area contributed by atoms with Crippen LogP contribution in [0.5, 0.6) is 0 Å². The van der Waals surface area contributed by atoms with Crippen LogP contribution >= 0.6 is 0 Å². The molecule has 0 saturated carbocycles. The Labute approximate surface area is 192 Å². The number of carbonyl (C=O) groups excluding carboxylic acids is 1. The smallest absolute Gasteiger partial charge is 0.417 e. The van der Waals surface area contributed by atoms with Crippen molar-refractivity contribution in [3.8, 4) is 5.82 Å². The van der Waals surface area contributed by atoms with Gasteiger partial charge >= 0.3 is 12.1 Å². The number of carbonyl (C=O) groups is 1. The fourth-order valence-corrected chi connectivity index (χ4v) is 4.54. The zero-order valence-electron chi connectivity index (χ0n) is 17.9. The van der Waals surface area contributed by atoms with E-state index in [0.717, 1.165) is 6.07 Å². The summed E-state index contributed by atoms with van der Waals surface area (Å²) in [6, 6.07) is 8.31. The number of sulfonamides is 1. The van der Waals surface area contributed by atoms with Gasteiger partial charge in [0.25, 0.3) is 10.0 Å². The minimum absolute atomic E-state index is 0.0283. The maximum absolute atomic E-state index is 12.8. The number of esters is 1. The number of hydrogen-bond donors (Lipinski definition) is 1. The van der Waals surface area contributed by atoms with Crippen LogP contribution in [0.1, 0.15) is 22.5 Å². The van der Waals surface area contributed by atoms with Crippen LogP contribution < -0.4 is 5.32 Å². The van der Waals surface area contributed by atoms with E-state index in [0.29, 0.717) is 28.8 Å². The predicted octanol–water partition coefficient (Wildman–Crippen LogP) is 3.20. The maximum Gasteiger partial charge on any atom is 0.417 e. The van der Waals surface area contributed by atoms with Crippen molar-refractivity contribution in [3.63, 3.8) is 0 Å². The minimum Gasteiger partial charge on any atom is -0.457 e. The van der Waals surface area contributed by atoms with Crippen LogP contribution in [-0.2, 0) is 32.2 Å². The first-order valence-corrected chi connectivity index (χ1v) is 11.3. The number of aromatic nitrogens is 3. The van der Waals surface area contributed by atoms with Crippen LogP contribution in [0.3, 0.4) is 0 Å². The van der Waals surface area contributed by atoms with Gasteiger partial charge < -0.3 is 10.1 Å². The average molecular weight is 493 g/mol. The lowest BCUT2D eigenvalue weighted by molar-refractivity contribution is -0.141. The number of aryl methyl sites for hydroxylation is 1. The molecule has 2 aromatic heterocycles. The van der Waals surface area contributed by atoms with E-state index in [1.54, 1.807) is 32.0 Å². The van der Waals surface area contributed by atoms with Gasteiger partial charge in [0.2, 0.25) is 0 Å². The van der Waals surface area contributed by atoms with Crippen LogP contribution in [-0.4, -0.2) is 41.6 Å². The predicted molar refractivity (Wildman–Crippen MR) is 115 cm³/mol. The number of hydrogen-bond acceptors (Lipinski definition) is 7. The van der Waals surface area contributed by atoms with Crippen molar-refractivity contribution in [3.05, 3.63) is 65.1 Å². The molecule has 1 aliphatic rings. The molecule has 0 bridgehead atoms. The summed E-state index contributed by atoms with van der Waals surface area (Å²) in [7, 11) is -3.91. The second-order valence-electron chi connectivity index (χ2n) is 7.44. The first kappa shape index (κ1) is 23.4. The molecule has 1 aliphatic heterocycles. The molecular formula is C21H18F3N5O4S. The highest BCUT2D eigenvalue weighted by molar-refractivity contribution is 7.90. The molecule has 4 rings (SSSR count). The van der Waals surface area contributed by atoms with Gasteiger partial charge in [-0.05, 0) is 38.1 Å². The molecule has 0 radical (unpaired) electrons. The Hall–Kier alpha value is -3.74. The molecule has 13 heteroatoms. The number of anilines is 1. The lowest BCUT2D eigenvalue weighted by Gasteiger charge is -2.17. The van der Waals surface area contributed by atoms with Crippen molar-refractivity contribution < 1.29 is 31.1 Å². The van der Waals surface area contributed by atoms with Crippen molar-refractivity contribution in [2.24, 2.45) is 4.40 Å². The highest BCUT2D eigenvalue weighted by Gasteiger charge is 2.31. The summed E-state index contributed by atoms with van der Waals surface area (Å²) in [5, 5.41) is 7.09. The van der Waals surface area contributed by atoms with Crippen LogP contribution in [0.15, 0.2) is 51.9 Å². The molecule has 0 saturated heterocycles. The Balaban J connectivity index is 1.45. The zero-order valence-corrected chi connectivity index (χ0v) is 18.7. The second-order valence-corrected chi connectivity index (χ2v) is 9.01. The van der Waals surface area contributed by atoms with Crippen LogP contribution in [0.2, 0.25) is 0 Å². The van der Waals surface area contributed by atoms with Crippen molar-refractivity contribution in [1.29, 1.82) is 0 Å². The third-order valence-electron chi connectivity index (χ3n) is 5.10. The number of fused-ring (bicyclic) bond motifs is 1. The van der Waals surface area contributed by atoms with Gasteiger partial charge in [-0.3, -0.25) is 4.79 Å². The molecule has 0 amide bonds. The third kappa shape index (κ3) is 4.64. The van der Waals surface area contributed by atoms with E-state index < -0.39 is 27.7 Å². The Morgan fingerprint density at radius 1 is 1.15 bits per heavy atom. The monoisotopic (exact) mass is 493 g/mol. The van der Waals surface area contributed by atoms with Gasteiger partial charge in [-0.2, -0.15) is 26.7 Å². The van der Waals surface area contributed by atoms with E-state index in [-0.39, 0.29) is 29.6 Å². The number of pyridine rings is 1. The number of alkyl halides is 3. The summed E-state index contributed by atoms with van der Waals surface area (Å²) in [6.07, 6.45) is -3.98. The number of halogens is 3. The number of rotatable bonds is 5. The highest BCUT2D eigenvalue weighted by atomic mass is 32.2. The second kappa shape index (κ2) is 8.56. The molecule has 3 heterocycles. The molecule has 1 aromatic carbocycles. The van der Waals surface area contributed by atoms with Gasteiger partial charge in [-0.15, -0.1) is 4.40 Å². The average Bonchev–Trinajstić information content (AvgIpc) is 3.05. The van der Waals surface area contributed by atoms with Crippen molar-refractivity contribution in [2.75, 3.05) is 11.9 Å². The van der Waals surface area contributed by atoms with Gasteiger partial charge in [0.05, 0.1) is 23.4 Å². The molecule has 34 heavy (non-hydrogen) atoms. The summed E-state index contributed by atoms with van der Waals surface area (Å²) in [5.41, 5.74) is 0.946. The van der Waals surface area contributed by atoms with E-state index >= 15 is 0 Å². The quantitative estimate of drug-likeness (QED) is 0.543. The number of ether oxygens (including phenoxy) is 1. The van der Waals surface area contributed by atoms with Crippen molar-refractivity contribution >= 4 is 27.5 Å². The van der Waals surface area contributed by atoms with Crippen molar-refractivity contribution in [2.45, 2.75) is 31.3 Å². The first-order chi connectivity index (χ1) is 16.0. The summed E-state index contributed by atoms with van der Waals surface area (Å²) >= 11 is 0.